The summed E-state index contributed by atoms with van der Waals surface area (Å²) in [6.45, 7) is 0. The van der Waals surface area contributed by atoms with Crippen molar-refractivity contribution < 1.29 is 9.53 Å². The zero-order valence-corrected chi connectivity index (χ0v) is 15.6. The number of nitrogens with zero attached hydrogens (tertiary/aromatic N) is 2. The number of amides is 1. The average molecular weight is 386 g/mol. The van der Waals surface area contributed by atoms with Crippen LogP contribution in [0.1, 0.15) is 0 Å². The zero-order chi connectivity index (χ0) is 18.4. The maximum atomic E-state index is 12.1. The largest absolute Gasteiger partial charge is 0.496 e. The van der Waals surface area contributed by atoms with E-state index in [1.54, 1.807) is 19.2 Å². The first kappa shape index (κ1) is 18.2. The van der Waals surface area contributed by atoms with E-state index in [0.29, 0.717) is 21.4 Å². The second kappa shape index (κ2) is 8.69. The quantitative estimate of drug-likeness (QED) is 0.631. The number of benzene rings is 2. The summed E-state index contributed by atoms with van der Waals surface area (Å²) >= 11 is 7.34. The van der Waals surface area contributed by atoms with Crippen LogP contribution in [0.5, 0.6) is 5.75 Å². The third-order valence-corrected chi connectivity index (χ3v) is 4.77. The van der Waals surface area contributed by atoms with Gasteiger partial charge in [-0.25, -0.2) is 0 Å². The van der Waals surface area contributed by atoms with Gasteiger partial charge in [-0.1, -0.05) is 47.6 Å². The summed E-state index contributed by atoms with van der Waals surface area (Å²) < 4.78 is 5.34. The molecule has 0 aliphatic heterocycles. The summed E-state index contributed by atoms with van der Waals surface area (Å²) in [4.78, 5) is 12.1. The van der Waals surface area contributed by atoms with E-state index in [2.05, 4.69) is 15.5 Å². The van der Waals surface area contributed by atoms with Crippen LogP contribution >= 0.6 is 23.4 Å². The van der Waals surface area contributed by atoms with Crippen LogP contribution in [0.2, 0.25) is 5.02 Å². The van der Waals surface area contributed by atoms with Crippen molar-refractivity contribution in [1.29, 1.82) is 0 Å². The molecule has 1 heterocycles. The summed E-state index contributed by atoms with van der Waals surface area (Å²) in [5, 5.41) is 12.4. The molecule has 1 amide bonds. The smallest absolute Gasteiger partial charge is 0.234 e. The van der Waals surface area contributed by atoms with E-state index in [0.717, 1.165) is 11.3 Å². The minimum Gasteiger partial charge on any atom is -0.496 e. The normalized spacial score (nSPS) is 10.4. The van der Waals surface area contributed by atoms with E-state index in [4.69, 9.17) is 16.3 Å². The Morgan fingerprint density at radius 3 is 2.58 bits per heavy atom. The number of aromatic nitrogens is 2. The molecule has 0 spiro atoms. The molecule has 3 aromatic rings. The molecule has 1 aromatic heterocycles. The second-order valence-electron chi connectivity index (χ2n) is 5.27. The first-order valence-electron chi connectivity index (χ1n) is 7.81. The molecule has 2 aromatic carbocycles. The summed E-state index contributed by atoms with van der Waals surface area (Å²) in [6.07, 6.45) is 0. The molecule has 0 atom stereocenters. The average Bonchev–Trinajstić information content (AvgIpc) is 2.68. The van der Waals surface area contributed by atoms with Crippen molar-refractivity contribution in [3.05, 3.63) is 65.7 Å². The number of hydrogen-bond acceptors (Lipinski definition) is 5. The summed E-state index contributed by atoms with van der Waals surface area (Å²) in [7, 11) is 1.62. The minimum absolute atomic E-state index is 0.154. The third-order valence-electron chi connectivity index (χ3n) is 3.52. The third kappa shape index (κ3) is 4.53. The molecule has 0 fully saturated rings. The van der Waals surface area contributed by atoms with E-state index in [-0.39, 0.29) is 11.7 Å². The molecule has 3 rings (SSSR count). The van der Waals surface area contributed by atoms with Crippen LogP contribution in [0.4, 0.5) is 5.69 Å². The molecule has 0 saturated carbocycles. The molecule has 0 unspecified atom stereocenters. The predicted molar refractivity (Wildman–Crippen MR) is 105 cm³/mol. The molecule has 0 saturated heterocycles. The van der Waals surface area contributed by atoms with Crippen molar-refractivity contribution >= 4 is 35.0 Å². The number of hydrogen-bond donors (Lipinski definition) is 1. The number of rotatable bonds is 6. The van der Waals surface area contributed by atoms with Gasteiger partial charge in [0.05, 0.1) is 29.3 Å². The van der Waals surface area contributed by atoms with Crippen LogP contribution < -0.4 is 10.1 Å². The highest BCUT2D eigenvalue weighted by Gasteiger charge is 2.09. The molecule has 132 valence electrons. The zero-order valence-electron chi connectivity index (χ0n) is 14.0. The summed E-state index contributed by atoms with van der Waals surface area (Å²) in [5.41, 5.74) is 2.18. The summed E-state index contributed by atoms with van der Waals surface area (Å²) in [5.74, 6) is 0.800. The van der Waals surface area contributed by atoms with Gasteiger partial charge in [-0.3, -0.25) is 4.79 Å². The number of halogens is 1. The fraction of sp³-hybridized carbons (Fsp3) is 0.105. The van der Waals surface area contributed by atoms with Gasteiger partial charge in [-0.2, -0.15) is 0 Å². The van der Waals surface area contributed by atoms with Crippen molar-refractivity contribution in [3.63, 3.8) is 0 Å². The van der Waals surface area contributed by atoms with Gasteiger partial charge in [0, 0.05) is 5.56 Å². The highest BCUT2D eigenvalue weighted by atomic mass is 35.5. The van der Waals surface area contributed by atoms with Gasteiger partial charge in [0.15, 0.2) is 0 Å². The molecule has 1 N–H and O–H groups in total. The molecule has 7 heteroatoms. The molecule has 0 bridgehead atoms. The number of anilines is 1. The molecule has 26 heavy (non-hydrogen) atoms. The van der Waals surface area contributed by atoms with Gasteiger partial charge < -0.3 is 10.1 Å². The molecule has 5 nitrogen and oxygen atoms in total. The number of para-hydroxylation sites is 2. The fourth-order valence-electron chi connectivity index (χ4n) is 2.29. The van der Waals surface area contributed by atoms with E-state index in [9.17, 15) is 4.79 Å². The van der Waals surface area contributed by atoms with Crippen LogP contribution in [-0.4, -0.2) is 29.0 Å². The van der Waals surface area contributed by atoms with Crippen molar-refractivity contribution in [2.75, 3.05) is 18.2 Å². The maximum absolute atomic E-state index is 12.1. The predicted octanol–water partition coefficient (Wildman–Crippen LogP) is 4.54. The van der Waals surface area contributed by atoms with Crippen LogP contribution in [0, 0.1) is 0 Å². The van der Waals surface area contributed by atoms with E-state index in [1.807, 2.05) is 48.5 Å². The first-order valence-corrected chi connectivity index (χ1v) is 9.18. The summed E-state index contributed by atoms with van der Waals surface area (Å²) in [6, 6.07) is 18.4. The Morgan fingerprint density at radius 2 is 1.85 bits per heavy atom. The monoisotopic (exact) mass is 385 g/mol. The number of methoxy groups -OCH3 is 1. The van der Waals surface area contributed by atoms with Gasteiger partial charge in [-0.15, -0.1) is 10.2 Å². The lowest BCUT2D eigenvalue weighted by atomic mass is 10.1. The maximum Gasteiger partial charge on any atom is 0.234 e. The molecule has 0 aliphatic rings. The van der Waals surface area contributed by atoms with Gasteiger partial charge >= 0.3 is 0 Å². The fourth-order valence-corrected chi connectivity index (χ4v) is 3.08. The number of nitrogens with one attached hydrogen (secondary N) is 1. The lowest BCUT2D eigenvalue weighted by molar-refractivity contribution is -0.113. The first-order chi connectivity index (χ1) is 12.7. The second-order valence-corrected chi connectivity index (χ2v) is 6.68. The van der Waals surface area contributed by atoms with Crippen molar-refractivity contribution in [3.8, 4) is 17.0 Å². The van der Waals surface area contributed by atoms with Crippen LogP contribution in [-0.2, 0) is 4.79 Å². The standard InChI is InChI=1S/C19H16ClN3O2S/c1-25-17-9-5-2-6-13(17)15-10-11-19(23-22-15)26-12-18(24)21-16-8-4-3-7-14(16)20/h2-11H,12H2,1H3,(H,21,24). The van der Waals surface area contributed by atoms with E-state index < -0.39 is 0 Å². The SMILES string of the molecule is COc1ccccc1-c1ccc(SCC(=O)Nc2ccccc2Cl)nn1. The number of ether oxygens (including phenoxy) is 1. The van der Waals surface area contributed by atoms with Crippen LogP contribution in [0.15, 0.2) is 65.7 Å². The Kier molecular flexibility index (Phi) is 6.09. The van der Waals surface area contributed by atoms with Crippen LogP contribution in [0.3, 0.4) is 0 Å². The Hall–Kier alpha value is -2.57. The number of thioether (sulfide) groups is 1. The molecule has 0 radical (unpaired) electrons. The van der Waals surface area contributed by atoms with Gasteiger partial charge in [0.2, 0.25) is 5.91 Å². The van der Waals surface area contributed by atoms with Gasteiger partial charge in [-0.05, 0) is 36.4 Å². The van der Waals surface area contributed by atoms with Crippen molar-refractivity contribution in [2.24, 2.45) is 0 Å². The van der Waals surface area contributed by atoms with E-state index in [1.165, 1.54) is 11.8 Å². The minimum atomic E-state index is -0.154. The highest BCUT2D eigenvalue weighted by molar-refractivity contribution is 7.99. The van der Waals surface area contributed by atoms with E-state index >= 15 is 0 Å². The van der Waals surface area contributed by atoms with Crippen molar-refractivity contribution in [1.82, 2.24) is 10.2 Å². The molecular formula is C19H16ClN3O2S. The molecule has 0 aliphatic carbocycles. The Bertz CT molecular complexity index is 903. The molecular weight excluding hydrogens is 370 g/mol. The lowest BCUT2D eigenvalue weighted by Gasteiger charge is -2.08. The topological polar surface area (TPSA) is 64.1 Å². The Labute approximate surface area is 160 Å². The highest BCUT2D eigenvalue weighted by Crippen LogP contribution is 2.28. The number of carbonyl (C=O) groups is 1. The lowest BCUT2D eigenvalue weighted by Crippen LogP contribution is -2.14. The number of carbonyl (C=O) groups excluding carboxylic acids is 1. The van der Waals surface area contributed by atoms with Gasteiger partial charge in [0.25, 0.3) is 0 Å². The van der Waals surface area contributed by atoms with Crippen LogP contribution in [0.25, 0.3) is 11.3 Å². The van der Waals surface area contributed by atoms with Crippen molar-refractivity contribution in [2.45, 2.75) is 5.03 Å². The van der Waals surface area contributed by atoms with Gasteiger partial charge in [0.1, 0.15) is 10.8 Å². The Balaban J connectivity index is 1.61. The Morgan fingerprint density at radius 1 is 1.08 bits per heavy atom.